The average Bonchev–Trinajstić information content (AvgIpc) is 2.16. The standard InChI is InChI=1S/C10H10O2S/c1-12-10(11)7-4-8-2-5-9(13)6-3-8/h2-7,13H,1H3/b7-4+. The summed E-state index contributed by atoms with van der Waals surface area (Å²) in [6.07, 6.45) is 3.08. The number of hydrogen-bond donors (Lipinski definition) is 1. The Hall–Kier alpha value is -1.22. The van der Waals surface area contributed by atoms with Crippen LogP contribution in [0.2, 0.25) is 0 Å². The Balaban J connectivity index is 2.69. The van der Waals surface area contributed by atoms with E-state index in [9.17, 15) is 4.79 Å². The van der Waals surface area contributed by atoms with E-state index in [1.807, 2.05) is 24.3 Å². The summed E-state index contributed by atoms with van der Waals surface area (Å²) in [5, 5.41) is 0. The molecular weight excluding hydrogens is 184 g/mol. The number of hydrogen-bond acceptors (Lipinski definition) is 3. The monoisotopic (exact) mass is 194 g/mol. The molecule has 0 aliphatic rings. The van der Waals surface area contributed by atoms with Gasteiger partial charge in [0.1, 0.15) is 0 Å². The van der Waals surface area contributed by atoms with Crippen molar-refractivity contribution in [2.75, 3.05) is 7.11 Å². The lowest BCUT2D eigenvalue weighted by Gasteiger charge is -1.93. The smallest absolute Gasteiger partial charge is 0.330 e. The molecule has 2 nitrogen and oxygen atoms in total. The highest BCUT2D eigenvalue weighted by molar-refractivity contribution is 7.80. The Morgan fingerprint density at radius 1 is 1.38 bits per heavy atom. The predicted molar refractivity (Wildman–Crippen MR) is 54.7 cm³/mol. The molecule has 3 heteroatoms. The lowest BCUT2D eigenvalue weighted by molar-refractivity contribution is -0.134. The molecule has 1 rings (SSSR count). The van der Waals surface area contributed by atoms with Crippen molar-refractivity contribution in [1.82, 2.24) is 0 Å². The van der Waals surface area contributed by atoms with Crippen molar-refractivity contribution in [1.29, 1.82) is 0 Å². The molecule has 0 aliphatic heterocycles. The molecule has 68 valence electrons. The van der Waals surface area contributed by atoms with E-state index >= 15 is 0 Å². The van der Waals surface area contributed by atoms with Crippen LogP contribution in [0, 0.1) is 0 Å². The maximum atomic E-state index is 10.7. The quantitative estimate of drug-likeness (QED) is 0.443. The first-order chi connectivity index (χ1) is 6.22. The van der Waals surface area contributed by atoms with E-state index in [-0.39, 0.29) is 5.97 Å². The van der Waals surface area contributed by atoms with Gasteiger partial charge in [0.2, 0.25) is 0 Å². The largest absolute Gasteiger partial charge is 0.466 e. The zero-order valence-electron chi connectivity index (χ0n) is 7.23. The lowest BCUT2D eigenvalue weighted by atomic mass is 10.2. The summed E-state index contributed by atoms with van der Waals surface area (Å²) in [5.74, 6) is -0.352. The summed E-state index contributed by atoms with van der Waals surface area (Å²) in [5.41, 5.74) is 0.947. The molecular formula is C10H10O2S. The van der Waals surface area contributed by atoms with E-state index in [1.54, 1.807) is 6.08 Å². The molecule has 0 bridgehead atoms. The van der Waals surface area contributed by atoms with Crippen molar-refractivity contribution in [2.45, 2.75) is 4.90 Å². The van der Waals surface area contributed by atoms with E-state index in [4.69, 9.17) is 0 Å². The number of thiol groups is 1. The SMILES string of the molecule is COC(=O)/C=C/c1ccc(S)cc1. The molecule has 13 heavy (non-hydrogen) atoms. The molecule has 0 N–H and O–H groups in total. The molecule has 0 aliphatic carbocycles. The minimum atomic E-state index is -0.352. The van der Waals surface area contributed by atoms with Gasteiger partial charge >= 0.3 is 5.97 Å². The van der Waals surface area contributed by atoms with Crippen molar-refractivity contribution in [3.63, 3.8) is 0 Å². The third-order valence-corrected chi connectivity index (χ3v) is 1.80. The van der Waals surface area contributed by atoms with Gasteiger partial charge in [0, 0.05) is 11.0 Å². The van der Waals surface area contributed by atoms with Gasteiger partial charge in [-0.1, -0.05) is 12.1 Å². The Morgan fingerprint density at radius 2 is 2.00 bits per heavy atom. The van der Waals surface area contributed by atoms with Gasteiger partial charge in [-0.3, -0.25) is 0 Å². The van der Waals surface area contributed by atoms with Gasteiger partial charge in [-0.25, -0.2) is 4.79 Å². The first kappa shape index (κ1) is 9.86. The van der Waals surface area contributed by atoms with Crippen LogP contribution in [0.1, 0.15) is 5.56 Å². The highest BCUT2D eigenvalue weighted by Crippen LogP contribution is 2.08. The van der Waals surface area contributed by atoms with Crippen molar-refractivity contribution in [2.24, 2.45) is 0 Å². The molecule has 0 saturated carbocycles. The number of methoxy groups -OCH3 is 1. The van der Waals surface area contributed by atoms with Crippen LogP contribution in [-0.2, 0) is 9.53 Å². The molecule has 0 radical (unpaired) electrons. The average molecular weight is 194 g/mol. The Kier molecular flexibility index (Phi) is 3.58. The summed E-state index contributed by atoms with van der Waals surface area (Å²) in [6, 6.07) is 7.48. The van der Waals surface area contributed by atoms with Crippen LogP contribution in [0.4, 0.5) is 0 Å². The van der Waals surface area contributed by atoms with Gasteiger partial charge in [0.05, 0.1) is 7.11 Å². The third-order valence-electron chi connectivity index (χ3n) is 1.51. The summed E-state index contributed by atoms with van der Waals surface area (Å²) in [4.78, 5) is 11.6. The zero-order valence-corrected chi connectivity index (χ0v) is 8.12. The molecule has 0 heterocycles. The molecule has 0 amide bonds. The zero-order chi connectivity index (χ0) is 9.68. The Bertz CT molecular complexity index is 314. The number of ether oxygens (including phenoxy) is 1. The van der Waals surface area contributed by atoms with E-state index in [0.29, 0.717) is 0 Å². The van der Waals surface area contributed by atoms with Gasteiger partial charge < -0.3 is 4.74 Å². The number of carbonyl (C=O) groups is 1. The number of carbonyl (C=O) groups excluding carboxylic acids is 1. The fourth-order valence-corrected chi connectivity index (χ4v) is 0.967. The van der Waals surface area contributed by atoms with Gasteiger partial charge in [0.15, 0.2) is 0 Å². The van der Waals surface area contributed by atoms with Crippen molar-refractivity contribution in [3.05, 3.63) is 35.9 Å². The lowest BCUT2D eigenvalue weighted by Crippen LogP contribution is -1.93. The van der Waals surface area contributed by atoms with Crippen LogP contribution in [0.25, 0.3) is 6.08 Å². The molecule has 1 aromatic rings. The molecule has 0 atom stereocenters. The molecule has 0 fully saturated rings. The van der Waals surface area contributed by atoms with Crippen molar-refractivity contribution >= 4 is 24.7 Å². The van der Waals surface area contributed by atoms with Crippen LogP contribution in [0.3, 0.4) is 0 Å². The first-order valence-electron chi connectivity index (χ1n) is 3.77. The van der Waals surface area contributed by atoms with E-state index in [0.717, 1.165) is 10.5 Å². The maximum Gasteiger partial charge on any atom is 0.330 e. The molecule has 0 aromatic heterocycles. The van der Waals surface area contributed by atoms with Gasteiger partial charge in [-0.15, -0.1) is 12.6 Å². The second-order valence-corrected chi connectivity index (χ2v) is 2.96. The van der Waals surface area contributed by atoms with Crippen LogP contribution in [0.15, 0.2) is 35.2 Å². The van der Waals surface area contributed by atoms with Crippen LogP contribution < -0.4 is 0 Å². The fraction of sp³-hybridized carbons (Fsp3) is 0.100. The number of benzene rings is 1. The van der Waals surface area contributed by atoms with Crippen molar-refractivity contribution < 1.29 is 9.53 Å². The summed E-state index contributed by atoms with van der Waals surface area (Å²) in [6.45, 7) is 0. The minimum Gasteiger partial charge on any atom is -0.466 e. The molecule has 0 unspecified atom stereocenters. The highest BCUT2D eigenvalue weighted by atomic mass is 32.1. The maximum absolute atomic E-state index is 10.7. The van der Waals surface area contributed by atoms with Crippen molar-refractivity contribution in [3.8, 4) is 0 Å². The van der Waals surface area contributed by atoms with Crippen LogP contribution >= 0.6 is 12.6 Å². The van der Waals surface area contributed by atoms with Gasteiger partial charge in [-0.2, -0.15) is 0 Å². The number of rotatable bonds is 2. The summed E-state index contributed by atoms with van der Waals surface area (Å²) in [7, 11) is 1.35. The van der Waals surface area contributed by atoms with E-state index in [2.05, 4.69) is 17.4 Å². The number of esters is 1. The van der Waals surface area contributed by atoms with Crippen LogP contribution in [-0.4, -0.2) is 13.1 Å². The molecule has 0 spiro atoms. The summed E-state index contributed by atoms with van der Waals surface area (Å²) < 4.78 is 4.45. The highest BCUT2D eigenvalue weighted by Gasteiger charge is 1.91. The van der Waals surface area contributed by atoms with Crippen LogP contribution in [0.5, 0.6) is 0 Å². The predicted octanol–water partition coefficient (Wildman–Crippen LogP) is 2.16. The second kappa shape index (κ2) is 4.72. The molecule has 0 saturated heterocycles. The third kappa shape index (κ3) is 3.34. The van der Waals surface area contributed by atoms with E-state index in [1.165, 1.54) is 13.2 Å². The summed E-state index contributed by atoms with van der Waals surface area (Å²) >= 11 is 4.14. The first-order valence-corrected chi connectivity index (χ1v) is 4.22. The minimum absolute atomic E-state index is 0.352. The second-order valence-electron chi connectivity index (χ2n) is 2.45. The van der Waals surface area contributed by atoms with Gasteiger partial charge in [0.25, 0.3) is 0 Å². The Labute approximate surface area is 82.6 Å². The topological polar surface area (TPSA) is 26.3 Å². The van der Waals surface area contributed by atoms with E-state index < -0.39 is 0 Å². The fourth-order valence-electron chi connectivity index (χ4n) is 0.818. The van der Waals surface area contributed by atoms with Gasteiger partial charge in [-0.05, 0) is 23.8 Å². The Morgan fingerprint density at radius 3 is 2.54 bits per heavy atom. The molecule has 1 aromatic carbocycles. The normalized spacial score (nSPS) is 10.3.